The molecule has 0 aliphatic heterocycles. The van der Waals surface area contributed by atoms with Crippen molar-refractivity contribution >= 4 is 7.51 Å². The van der Waals surface area contributed by atoms with Crippen molar-refractivity contribution in [3.05, 3.63) is 0 Å². The Morgan fingerprint density at radius 2 is 0.828 bits per heavy atom. The summed E-state index contributed by atoms with van der Waals surface area (Å²) in [6.07, 6.45) is 12.6. The van der Waals surface area contributed by atoms with E-state index in [9.17, 15) is 0 Å². The van der Waals surface area contributed by atoms with Gasteiger partial charge in [0.2, 0.25) is 0 Å². The van der Waals surface area contributed by atoms with Gasteiger partial charge in [-0.3, -0.25) is 4.74 Å². The third kappa shape index (κ3) is 9.85. The lowest BCUT2D eigenvalue weighted by atomic mass is 10.3. The summed E-state index contributed by atoms with van der Waals surface area (Å²) in [4.78, 5) is 0. The molecule has 176 valence electrons. The Balaban J connectivity index is 6.43. The van der Waals surface area contributed by atoms with Gasteiger partial charge in [-0.25, -0.2) is 14.0 Å². The van der Waals surface area contributed by atoms with Crippen molar-refractivity contribution in [3.63, 3.8) is 0 Å². The maximum Gasteiger partial charge on any atom is 0.167 e. The van der Waals surface area contributed by atoms with Crippen LogP contribution in [0.1, 0.15) is 113 Å². The fourth-order valence-corrected chi connectivity index (χ4v) is 8.31. The molecular formula is C24H55N4P. The lowest BCUT2D eigenvalue weighted by Gasteiger charge is -2.49. The van der Waals surface area contributed by atoms with Crippen molar-refractivity contribution in [2.75, 3.05) is 45.8 Å². The molecule has 29 heavy (non-hydrogen) atoms. The fourth-order valence-electron chi connectivity index (χ4n) is 3.89. The molecule has 0 spiro atoms. The molecule has 0 aliphatic rings. The molecule has 0 rings (SSSR count). The highest BCUT2D eigenvalue weighted by molar-refractivity contribution is 7.59. The zero-order valence-corrected chi connectivity index (χ0v) is 22.2. The normalized spacial score (nSPS) is 12.5. The van der Waals surface area contributed by atoms with Crippen LogP contribution in [0.25, 0.3) is 0 Å². The highest BCUT2D eigenvalue weighted by Crippen LogP contribution is 2.60. The van der Waals surface area contributed by atoms with Crippen LogP contribution in [-0.2, 0) is 0 Å². The van der Waals surface area contributed by atoms with E-state index in [0.717, 1.165) is 19.6 Å². The second-order valence-corrected chi connectivity index (χ2v) is 11.3. The van der Waals surface area contributed by atoms with Gasteiger partial charge in [0.25, 0.3) is 0 Å². The van der Waals surface area contributed by atoms with Crippen LogP contribution in [0.2, 0.25) is 0 Å². The molecule has 0 radical (unpaired) electrons. The predicted molar refractivity (Wildman–Crippen MR) is 135 cm³/mol. The van der Waals surface area contributed by atoms with Gasteiger partial charge in [0, 0.05) is 45.8 Å². The van der Waals surface area contributed by atoms with Gasteiger partial charge in [0.1, 0.15) is 0 Å². The molecule has 0 N–H and O–H groups in total. The third-order valence-electron chi connectivity index (χ3n) is 5.75. The molecule has 0 unspecified atom stereocenters. The molecule has 0 aromatic heterocycles. The number of unbranched alkanes of at least 4 members (excludes halogenated alkanes) is 5. The van der Waals surface area contributed by atoms with Crippen LogP contribution >= 0.6 is 7.51 Å². The summed E-state index contributed by atoms with van der Waals surface area (Å²) < 4.78 is 14.2. The van der Waals surface area contributed by atoms with E-state index in [0.29, 0.717) is 0 Å². The highest BCUT2D eigenvalue weighted by atomic mass is 31.2. The monoisotopic (exact) mass is 430 g/mol. The van der Waals surface area contributed by atoms with Gasteiger partial charge in [-0.2, -0.15) is 0 Å². The van der Waals surface area contributed by atoms with Crippen molar-refractivity contribution in [1.29, 1.82) is 0 Å². The zero-order valence-electron chi connectivity index (χ0n) is 21.3. The number of nitrogens with zero attached hydrogens (tertiary/aromatic N) is 4. The van der Waals surface area contributed by atoms with Gasteiger partial charge in [0.05, 0.1) is 0 Å². The molecule has 0 bridgehead atoms. The predicted octanol–water partition coefficient (Wildman–Crippen LogP) is 7.88. The summed E-state index contributed by atoms with van der Waals surface area (Å²) >= 11 is 0. The van der Waals surface area contributed by atoms with Crippen LogP contribution < -0.4 is 0 Å². The summed E-state index contributed by atoms with van der Waals surface area (Å²) in [5.74, 6) is 0. The molecule has 0 aliphatic carbocycles. The Morgan fingerprint density at radius 3 is 1.10 bits per heavy atom. The molecule has 0 fully saturated rings. The van der Waals surface area contributed by atoms with Crippen molar-refractivity contribution < 1.29 is 0 Å². The summed E-state index contributed by atoms with van der Waals surface area (Å²) in [6.45, 7) is 24.3. The van der Waals surface area contributed by atoms with Crippen LogP contribution in [0.4, 0.5) is 0 Å². The van der Waals surface area contributed by atoms with Crippen LogP contribution in [0.15, 0.2) is 4.74 Å². The average Bonchev–Trinajstić information content (AvgIpc) is 2.74. The van der Waals surface area contributed by atoms with Gasteiger partial charge in [-0.15, -0.1) is 0 Å². The minimum atomic E-state index is -1.85. The van der Waals surface area contributed by atoms with E-state index in [4.69, 9.17) is 4.74 Å². The Labute approximate surface area is 185 Å². The standard InChI is InChI=1S/C24H55N4P/c1-8-15-20-25-29(26(13-6)14-7,27(21-16-9-2)22-17-10-3)28(23-18-11-4)24-19-12-5/h8-24H2,1-7H3. The van der Waals surface area contributed by atoms with E-state index in [1.807, 2.05) is 0 Å². The molecular weight excluding hydrogens is 375 g/mol. The number of hydrogen-bond acceptors (Lipinski definition) is 1. The van der Waals surface area contributed by atoms with Gasteiger partial charge < -0.3 is 0 Å². The first kappa shape index (κ1) is 29.1. The van der Waals surface area contributed by atoms with Crippen molar-refractivity contribution in [1.82, 2.24) is 14.0 Å². The largest absolute Gasteiger partial charge is 0.261 e. The second kappa shape index (κ2) is 18.8. The van der Waals surface area contributed by atoms with Crippen LogP contribution in [0.5, 0.6) is 0 Å². The topological polar surface area (TPSA) is 22.1 Å². The van der Waals surface area contributed by atoms with E-state index in [2.05, 4.69) is 62.5 Å². The Morgan fingerprint density at radius 1 is 0.483 bits per heavy atom. The molecule has 0 saturated carbocycles. The van der Waals surface area contributed by atoms with Crippen LogP contribution in [0.3, 0.4) is 0 Å². The van der Waals surface area contributed by atoms with Crippen molar-refractivity contribution in [2.45, 2.75) is 113 Å². The maximum atomic E-state index is 5.69. The lowest BCUT2D eigenvalue weighted by molar-refractivity contribution is 0.302. The number of hydrogen-bond donors (Lipinski definition) is 0. The van der Waals surface area contributed by atoms with Crippen molar-refractivity contribution in [2.24, 2.45) is 4.74 Å². The fraction of sp³-hybridized carbons (Fsp3) is 1.00. The first-order chi connectivity index (χ1) is 14.1. The van der Waals surface area contributed by atoms with Gasteiger partial charge in [0.15, 0.2) is 7.51 Å². The molecule has 0 amide bonds. The maximum absolute atomic E-state index is 5.69. The average molecular weight is 431 g/mol. The van der Waals surface area contributed by atoms with Crippen LogP contribution in [0, 0.1) is 0 Å². The Bertz CT molecular complexity index is 370. The summed E-state index contributed by atoms with van der Waals surface area (Å²) in [6, 6.07) is 0. The molecule has 0 aromatic carbocycles. The van der Waals surface area contributed by atoms with Gasteiger partial charge in [-0.1, -0.05) is 80.6 Å². The second-order valence-electron chi connectivity index (χ2n) is 8.22. The Hall–Kier alpha value is 0.110. The molecule has 0 heterocycles. The first-order valence-electron chi connectivity index (χ1n) is 13.0. The van der Waals surface area contributed by atoms with E-state index >= 15 is 0 Å². The van der Waals surface area contributed by atoms with E-state index in [1.165, 1.54) is 90.4 Å². The van der Waals surface area contributed by atoms with E-state index < -0.39 is 7.51 Å². The summed E-state index contributed by atoms with van der Waals surface area (Å²) in [5, 5.41) is 0. The number of rotatable bonds is 20. The van der Waals surface area contributed by atoms with Crippen LogP contribution in [-0.4, -0.2) is 59.8 Å². The molecule has 4 nitrogen and oxygen atoms in total. The zero-order chi connectivity index (χ0) is 22.0. The smallest absolute Gasteiger partial charge is 0.167 e. The minimum Gasteiger partial charge on any atom is -0.261 e. The lowest BCUT2D eigenvalue weighted by Crippen LogP contribution is -2.43. The van der Waals surface area contributed by atoms with Gasteiger partial charge >= 0.3 is 0 Å². The van der Waals surface area contributed by atoms with E-state index in [-0.39, 0.29) is 0 Å². The summed E-state index contributed by atoms with van der Waals surface area (Å²) in [7, 11) is -1.85. The third-order valence-corrected chi connectivity index (χ3v) is 9.97. The Kier molecular flexibility index (Phi) is 18.9. The van der Waals surface area contributed by atoms with Gasteiger partial charge in [-0.05, 0) is 32.1 Å². The highest BCUT2D eigenvalue weighted by Gasteiger charge is 2.37. The van der Waals surface area contributed by atoms with E-state index in [1.54, 1.807) is 0 Å². The van der Waals surface area contributed by atoms with Crippen molar-refractivity contribution in [3.8, 4) is 0 Å². The molecule has 0 atom stereocenters. The summed E-state index contributed by atoms with van der Waals surface area (Å²) in [5.41, 5.74) is 0. The first-order valence-corrected chi connectivity index (χ1v) is 14.6. The molecule has 5 heteroatoms. The SMILES string of the molecule is CCCCN=P(N(CC)CC)(N(CCCC)CCCC)N(CCCC)CCCC. The molecule has 0 aromatic rings. The molecule has 0 saturated heterocycles. The quantitative estimate of drug-likeness (QED) is 0.145. The minimum absolute atomic E-state index is 1.02.